The first-order valence-electron chi connectivity index (χ1n) is 3.40. The molecule has 0 saturated carbocycles. The number of hydrogen-bond acceptors (Lipinski definition) is 1. The fourth-order valence-electron chi connectivity index (χ4n) is 0.859. The van der Waals surface area contributed by atoms with Gasteiger partial charge in [0.2, 0.25) is 0 Å². The number of hydrogen-bond donors (Lipinski definition) is 0. The van der Waals surface area contributed by atoms with E-state index in [1.807, 2.05) is 0 Å². The van der Waals surface area contributed by atoms with E-state index >= 15 is 0 Å². The van der Waals surface area contributed by atoms with Gasteiger partial charge in [0.25, 0.3) is 5.69 Å². The van der Waals surface area contributed by atoms with E-state index in [9.17, 15) is 9.30 Å². The lowest BCUT2D eigenvalue weighted by atomic mass is 10.2. The summed E-state index contributed by atoms with van der Waals surface area (Å²) in [6, 6.07) is 4.27. The summed E-state index contributed by atoms with van der Waals surface area (Å²) in [5.41, 5.74) is 0.959. The van der Waals surface area contributed by atoms with Crippen molar-refractivity contribution < 1.29 is 9.15 Å². The second-order valence-electron chi connectivity index (χ2n) is 2.41. The van der Waals surface area contributed by atoms with E-state index in [1.165, 1.54) is 25.2 Å². The number of benzene rings is 1. The summed E-state index contributed by atoms with van der Waals surface area (Å²) in [5.74, 6) is -0.294. The van der Waals surface area contributed by atoms with Gasteiger partial charge in [-0.1, -0.05) is 15.9 Å². The summed E-state index contributed by atoms with van der Waals surface area (Å²) < 4.78 is 13.6. The van der Waals surface area contributed by atoms with Crippen molar-refractivity contribution in [2.75, 3.05) is 7.05 Å². The average Bonchev–Trinajstić information content (AvgIpc) is 2.05. The lowest BCUT2D eigenvalue weighted by Crippen LogP contribution is -1.93. The maximum atomic E-state index is 12.9. The van der Waals surface area contributed by atoms with Gasteiger partial charge in [0.05, 0.1) is 0 Å². The molecule has 0 unspecified atom stereocenters. The van der Waals surface area contributed by atoms with Crippen LogP contribution in [0.2, 0.25) is 0 Å². The second kappa shape index (κ2) is 3.76. The highest BCUT2D eigenvalue weighted by atomic mass is 79.9. The zero-order chi connectivity index (χ0) is 9.14. The number of rotatable bonds is 2. The van der Waals surface area contributed by atoms with Crippen LogP contribution in [0.5, 0.6) is 0 Å². The van der Waals surface area contributed by atoms with E-state index < -0.39 is 0 Å². The van der Waals surface area contributed by atoms with Gasteiger partial charge in [-0.2, -0.15) is 0 Å². The second-order valence-corrected chi connectivity index (χ2v) is 2.97. The van der Waals surface area contributed by atoms with Gasteiger partial charge in [0.1, 0.15) is 5.82 Å². The molecule has 0 atom stereocenters. The van der Waals surface area contributed by atoms with Crippen LogP contribution in [-0.4, -0.2) is 11.8 Å². The Kier molecular flexibility index (Phi) is 2.92. The molecular weight excluding hydrogens is 225 g/mol. The van der Waals surface area contributed by atoms with Crippen LogP contribution in [-0.2, 0) is 5.33 Å². The van der Waals surface area contributed by atoms with Gasteiger partial charge in [-0.3, -0.25) is 0 Å². The standard InChI is InChI=1S/C8H8BrFNO/c1-11(12)7-2-3-8(10)6(4-7)5-9/h2-4H,5H2,1H3/q+1. The smallest absolute Gasteiger partial charge is 0.207 e. The quantitative estimate of drug-likeness (QED) is 0.568. The van der Waals surface area contributed by atoms with E-state index in [-0.39, 0.29) is 5.82 Å². The number of halogens is 2. The van der Waals surface area contributed by atoms with Crippen molar-refractivity contribution in [1.82, 2.24) is 0 Å². The molecule has 0 aliphatic rings. The molecule has 12 heavy (non-hydrogen) atoms. The molecule has 1 aromatic rings. The Labute approximate surface area is 78.1 Å². The van der Waals surface area contributed by atoms with Crippen LogP contribution in [0.3, 0.4) is 0 Å². The van der Waals surface area contributed by atoms with Crippen LogP contribution in [0.4, 0.5) is 10.1 Å². The molecule has 1 aromatic carbocycles. The number of nitrogens with zero attached hydrogens (tertiary/aromatic N) is 1. The van der Waals surface area contributed by atoms with Crippen LogP contribution in [0.1, 0.15) is 5.56 Å². The fourth-order valence-corrected chi connectivity index (χ4v) is 1.29. The average molecular weight is 233 g/mol. The highest BCUT2D eigenvalue weighted by molar-refractivity contribution is 9.08. The first-order chi connectivity index (χ1) is 5.65. The molecule has 0 saturated heterocycles. The van der Waals surface area contributed by atoms with Crippen molar-refractivity contribution in [2.45, 2.75) is 5.33 Å². The van der Waals surface area contributed by atoms with E-state index in [4.69, 9.17) is 0 Å². The predicted molar refractivity (Wildman–Crippen MR) is 48.2 cm³/mol. The van der Waals surface area contributed by atoms with Crippen molar-refractivity contribution in [3.05, 3.63) is 34.5 Å². The molecule has 0 spiro atoms. The Morgan fingerprint density at radius 1 is 1.58 bits per heavy atom. The molecule has 4 heteroatoms. The molecule has 0 aromatic heterocycles. The van der Waals surface area contributed by atoms with Crippen LogP contribution in [0.25, 0.3) is 0 Å². The summed E-state index contributed by atoms with van der Waals surface area (Å²) in [6.45, 7) is 0. The van der Waals surface area contributed by atoms with Gasteiger partial charge in [0, 0.05) is 32.7 Å². The molecule has 0 N–H and O–H groups in total. The summed E-state index contributed by atoms with van der Waals surface area (Å²) in [6.07, 6.45) is 0. The third kappa shape index (κ3) is 1.88. The third-order valence-corrected chi connectivity index (χ3v) is 2.14. The zero-order valence-corrected chi connectivity index (χ0v) is 8.14. The zero-order valence-electron chi connectivity index (χ0n) is 6.55. The molecule has 0 bridgehead atoms. The Morgan fingerprint density at radius 3 is 2.75 bits per heavy atom. The van der Waals surface area contributed by atoms with Crippen molar-refractivity contribution in [3.63, 3.8) is 0 Å². The third-order valence-electron chi connectivity index (χ3n) is 1.54. The Bertz CT molecular complexity index is 314. The van der Waals surface area contributed by atoms with Crippen LogP contribution >= 0.6 is 15.9 Å². The minimum absolute atomic E-state index is 0.294. The molecule has 0 aliphatic heterocycles. The highest BCUT2D eigenvalue weighted by Crippen LogP contribution is 2.18. The van der Waals surface area contributed by atoms with E-state index in [1.54, 1.807) is 0 Å². The SMILES string of the molecule is C[N+](=O)c1ccc(F)c(CBr)c1. The van der Waals surface area contributed by atoms with Crippen LogP contribution in [0, 0.1) is 10.7 Å². The van der Waals surface area contributed by atoms with Crippen LogP contribution in [0.15, 0.2) is 18.2 Å². The van der Waals surface area contributed by atoms with Gasteiger partial charge in [-0.25, -0.2) is 4.39 Å². The van der Waals surface area contributed by atoms with Crippen molar-refractivity contribution in [2.24, 2.45) is 0 Å². The Hall–Kier alpha value is -0.770. The van der Waals surface area contributed by atoms with E-state index in [0.29, 0.717) is 21.3 Å². The molecule has 0 fully saturated rings. The van der Waals surface area contributed by atoms with Gasteiger partial charge >= 0.3 is 0 Å². The summed E-state index contributed by atoms with van der Waals surface area (Å²) in [7, 11) is 1.38. The van der Waals surface area contributed by atoms with Crippen molar-refractivity contribution in [3.8, 4) is 0 Å². The van der Waals surface area contributed by atoms with Gasteiger partial charge in [-0.05, 0) is 6.07 Å². The maximum absolute atomic E-state index is 12.9. The molecule has 2 nitrogen and oxygen atoms in total. The lowest BCUT2D eigenvalue weighted by Gasteiger charge is -1.96. The molecule has 64 valence electrons. The summed E-state index contributed by atoms with van der Waals surface area (Å²) >= 11 is 3.13. The van der Waals surface area contributed by atoms with E-state index in [2.05, 4.69) is 15.9 Å². The van der Waals surface area contributed by atoms with Crippen molar-refractivity contribution in [1.29, 1.82) is 0 Å². The fraction of sp³-hybridized carbons (Fsp3) is 0.250. The van der Waals surface area contributed by atoms with Crippen LogP contribution < -0.4 is 0 Å². The Balaban J connectivity index is 3.13. The molecule has 0 heterocycles. The van der Waals surface area contributed by atoms with Crippen molar-refractivity contribution >= 4 is 21.6 Å². The molecule has 0 radical (unpaired) electrons. The minimum Gasteiger partial charge on any atom is -0.207 e. The van der Waals surface area contributed by atoms with E-state index in [0.717, 1.165) is 0 Å². The van der Waals surface area contributed by atoms with Gasteiger partial charge < -0.3 is 0 Å². The lowest BCUT2D eigenvalue weighted by molar-refractivity contribution is -0.428. The molecule has 0 aliphatic carbocycles. The number of nitroso groups, excluding NO2 is 1. The van der Waals surface area contributed by atoms with Gasteiger partial charge in [-0.15, -0.1) is 0 Å². The summed E-state index contributed by atoms with van der Waals surface area (Å²) in [5, 5.41) is 0.417. The minimum atomic E-state index is -0.294. The highest BCUT2D eigenvalue weighted by Gasteiger charge is 2.09. The first-order valence-corrected chi connectivity index (χ1v) is 4.52. The first kappa shape index (κ1) is 9.32. The Morgan fingerprint density at radius 2 is 2.25 bits per heavy atom. The van der Waals surface area contributed by atoms with Gasteiger partial charge in [0.15, 0.2) is 7.05 Å². The molecule has 1 rings (SSSR count). The maximum Gasteiger partial charge on any atom is 0.256 e. The summed E-state index contributed by atoms with van der Waals surface area (Å²) in [4.78, 5) is 10.8. The topological polar surface area (TPSA) is 20.1 Å². The largest absolute Gasteiger partial charge is 0.256 e. The molecular formula is C8H8BrFNO+. The normalized spacial score (nSPS) is 9.92. The monoisotopic (exact) mass is 232 g/mol. The number of alkyl halides is 1. The predicted octanol–water partition coefficient (Wildman–Crippen LogP) is 2.76. The molecule has 0 amide bonds.